The molecule has 1 aromatic heterocycles. The molecule has 0 spiro atoms. The molecule has 1 aromatic carbocycles. The van der Waals surface area contributed by atoms with Crippen LogP contribution in [0.15, 0.2) is 30.3 Å². The van der Waals surface area contributed by atoms with E-state index in [-0.39, 0.29) is 23.9 Å². The summed E-state index contributed by atoms with van der Waals surface area (Å²) in [6.45, 7) is 12.7. The smallest absolute Gasteiger partial charge is 0.410 e. The van der Waals surface area contributed by atoms with Gasteiger partial charge in [-0.05, 0) is 89.1 Å². The van der Waals surface area contributed by atoms with Crippen molar-refractivity contribution in [2.24, 2.45) is 11.8 Å². The SMILES string of the molecule is CC(C)(C)OC(=O)[C@@H](CCCC1CCN(C(=O)OC(C)(C)C)CC1)[C@H](Cc1ccccc1)c1nnn[nH]1. The molecule has 0 aliphatic carbocycles. The average Bonchev–Trinajstić information content (AvgIpc) is 3.34. The van der Waals surface area contributed by atoms with E-state index >= 15 is 0 Å². The number of carbonyl (C=O) groups is 2. The number of amides is 1. The molecular weight excluding hydrogens is 470 g/mol. The predicted molar refractivity (Wildman–Crippen MR) is 141 cm³/mol. The third-order valence-electron chi connectivity index (χ3n) is 6.60. The van der Waals surface area contributed by atoms with Crippen molar-refractivity contribution in [1.82, 2.24) is 25.5 Å². The first-order chi connectivity index (χ1) is 17.4. The van der Waals surface area contributed by atoms with Crippen molar-refractivity contribution in [3.63, 3.8) is 0 Å². The molecule has 9 nitrogen and oxygen atoms in total. The largest absolute Gasteiger partial charge is 0.460 e. The molecule has 0 radical (unpaired) electrons. The van der Waals surface area contributed by atoms with Crippen LogP contribution in [0.2, 0.25) is 0 Å². The van der Waals surface area contributed by atoms with E-state index in [0.29, 0.717) is 37.7 Å². The van der Waals surface area contributed by atoms with Crippen LogP contribution in [0, 0.1) is 11.8 Å². The number of ether oxygens (including phenoxy) is 2. The number of hydrogen-bond acceptors (Lipinski definition) is 7. The predicted octanol–water partition coefficient (Wildman–Crippen LogP) is 5.30. The number of H-pyrrole nitrogens is 1. The van der Waals surface area contributed by atoms with Crippen LogP contribution >= 0.6 is 0 Å². The molecule has 2 heterocycles. The fourth-order valence-corrected chi connectivity index (χ4v) is 4.84. The Bertz CT molecular complexity index is 974. The highest BCUT2D eigenvalue weighted by Gasteiger charge is 2.35. The van der Waals surface area contributed by atoms with Gasteiger partial charge in [0, 0.05) is 19.0 Å². The molecule has 0 bridgehead atoms. The first-order valence-electron chi connectivity index (χ1n) is 13.4. The van der Waals surface area contributed by atoms with Crippen molar-refractivity contribution in [2.45, 2.75) is 97.2 Å². The summed E-state index contributed by atoms with van der Waals surface area (Å²) in [5.41, 5.74) is 0.0488. The van der Waals surface area contributed by atoms with Crippen molar-refractivity contribution in [3.8, 4) is 0 Å². The first kappa shape index (κ1) is 28.6. The molecule has 1 saturated heterocycles. The summed E-state index contributed by atoms with van der Waals surface area (Å²) < 4.78 is 11.4. The third-order valence-corrected chi connectivity index (χ3v) is 6.60. The third kappa shape index (κ3) is 9.44. The fourth-order valence-electron chi connectivity index (χ4n) is 4.84. The molecule has 204 valence electrons. The number of aromatic amines is 1. The number of hydrogen-bond donors (Lipinski definition) is 1. The second-order valence-corrected chi connectivity index (χ2v) is 12.1. The summed E-state index contributed by atoms with van der Waals surface area (Å²) in [7, 11) is 0. The van der Waals surface area contributed by atoms with E-state index in [9.17, 15) is 9.59 Å². The first-order valence-corrected chi connectivity index (χ1v) is 13.4. The molecule has 1 aliphatic heterocycles. The number of carbonyl (C=O) groups excluding carboxylic acids is 2. The quantitative estimate of drug-likeness (QED) is 0.453. The van der Waals surface area contributed by atoms with E-state index in [1.807, 2.05) is 59.7 Å². The number of rotatable bonds is 9. The lowest BCUT2D eigenvalue weighted by molar-refractivity contribution is -0.161. The number of aromatic nitrogens is 4. The van der Waals surface area contributed by atoms with Gasteiger partial charge in [-0.25, -0.2) is 9.89 Å². The van der Waals surface area contributed by atoms with Crippen LogP contribution in [0.4, 0.5) is 4.79 Å². The van der Waals surface area contributed by atoms with Gasteiger partial charge < -0.3 is 14.4 Å². The van der Waals surface area contributed by atoms with Crippen LogP contribution in [0.5, 0.6) is 0 Å². The Hall–Kier alpha value is -2.97. The van der Waals surface area contributed by atoms with Gasteiger partial charge >= 0.3 is 12.1 Å². The number of nitrogens with one attached hydrogen (secondary N) is 1. The van der Waals surface area contributed by atoms with E-state index in [0.717, 1.165) is 31.2 Å². The van der Waals surface area contributed by atoms with Crippen LogP contribution in [-0.2, 0) is 20.7 Å². The highest BCUT2D eigenvalue weighted by atomic mass is 16.6. The molecule has 1 fully saturated rings. The normalized spacial score (nSPS) is 16.8. The standard InChI is InChI=1S/C28H43N5O4/c1-27(2,3)36-25(34)22(23(24-29-31-32-30-24)19-21-11-8-7-9-12-21)14-10-13-20-15-17-33(18-16-20)26(35)37-28(4,5)6/h7-9,11-12,20,22-23H,10,13-19H2,1-6H3,(H,29,30,31,32)/t22-,23-/m0/s1. The van der Waals surface area contributed by atoms with Crippen LogP contribution in [0.1, 0.15) is 91.0 Å². The van der Waals surface area contributed by atoms with Gasteiger partial charge in [-0.2, -0.15) is 0 Å². The maximum Gasteiger partial charge on any atom is 0.410 e. The monoisotopic (exact) mass is 513 g/mol. The number of benzene rings is 1. The Labute approximate surface area is 220 Å². The summed E-state index contributed by atoms with van der Waals surface area (Å²) in [5.74, 6) is 0.296. The minimum absolute atomic E-state index is 0.218. The van der Waals surface area contributed by atoms with E-state index in [1.54, 1.807) is 4.90 Å². The summed E-state index contributed by atoms with van der Waals surface area (Å²) in [6, 6.07) is 10.1. The second kappa shape index (κ2) is 12.5. The van der Waals surface area contributed by atoms with Crippen LogP contribution in [0.25, 0.3) is 0 Å². The molecule has 0 unspecified atom stereocenters. The van der Waals surface area contributed by atoms with Gasteiger partial charge in [-0.15, -0.1) is 5.10 Å². The van der Waals surface area contributed by atoms with E-state index in [4.69, 9.17) is 9.47 Å². The van der Waals surface area contributed by atoms with Crippen molar-refractivity contribution in [1.29, 1.82) is 0 Å². The van der Waals surface area contributed by atoms with Gasteiger partial charge in [0.2, 0.25) is 0 Å². The number of esters is 1. The summed E-state index contributed by atoms with van der Waals surface area (Å²) in [5, 5.41) is 14.6. The number of piperidine rings is 1. The lowest BCUT2D eigenvalue weighted by Gasteiger charge is -2.34. The van der Waals surface area contributed by atoms with Gasteiger partial charge in [-0.3, -0.25) is 4.79 Å². The van der Waals surface area contributed by atoms with Gasteiger partial charge in [0.25, 0.3) is 0 Å². The summed E-state index contributed by atoms with van der Waals surface area (Å²) in [4.78, 5) is 27.6. The van der Waals surface area contributed by atoms with Crippen molar-refractivity contribution < 1.29 is 19.1 Å². The van der Waals surface area contributed by atoms with Gasteiger partial charge in [0.05, 0.1) is 5.92 Å². The summed E-state index contributed by atoms with van der Waals surface area (Å²) >= 11 is 0. The van der Waals surface area contributed by atoms with Crippen LogP contribution in [0.3, 0.4) is 0 Å². The lowest BCUT2D eigenvalue weighted by Crippen LogP contribution is -2.41. The van der Waals surface area contributed by atoms with Gasteiger partial charge in [0.15, 0.2) is 5.82 Å². The topological polar surface area (TPSA) is 110 Å². The zero-order valence-electron chi connectivity index (χ0n) is 23.2. The Morgan fingerprint density at radius 2 is 1.68 bits per heavy atom. The highest BCUT2D eigenvalue weighted by Crippen LogP contribution is 2.34. The molecule has 3 rings (SSSR count). The average molecular weight is 514 g/mol. The van der Waals surface area contributed by atoms with E-state index in [2.05, 4.69) is 32.8 Å². The second-order valence-electron chi connectivity index (χ2n) is 12.1. The number of nitrogens with zero attached hydrogens (tertiary/aromatic N) is 4. The highest BCUT2D eigenvalue weighted by molar-refractivity contribution is 5.74. The minimum Gasteiger partial charge on any atom is -0.460 e. The zero-order valence-corrected chi connectivity index (χ0v) is 23.2. The van der Waals surface area contributed by atoms with Crippen molar-refractivity contribution >= 4 is 12.1 Å². The molecule has 1 N–H and O–H groups in total. The van der Waals surface area contributed by atoms with Gasteiger partial charge in [0.1, 0.15) is 11.2 Å². The molecule has 1 aliphatic rings. The Morgan fingerprint density at radius 1 is 1.03 bits per heavy atom. The lowest BCUT2D eigenvalue weighted by atomic mass is 9.81. The fraction of sp³-hybridized carbons (Fsp3) is 0.679. The van der Waals surface area contributed by atoms with Crippen LogP contribution in [-0.4, -0.2) is 61.9 Å². The molecule has 2 atom stereocenters. The number of likely N-dealkylation sites (tertiary alicyclic amines) is 1. The number of tetrazole rings is 1. The Morgan fingerprint density at radius 3 is 2.24 bits per heavy atom. The van der Waals surface area contributed by atoms with E-state index in [1.165, 1.54) is 0 Å². The molecule has 0 saturated carbocycles. The zero-order chi connectivity index (χ0) is 27.1. The Balaban J connectivity index is 1.64. The Kier molecular flexibility index (Phi) is 9.68. The maximum atomic E-state index is 13.4. The van der Waals surface area contributed by atoms with Crippen molar-refractivity contribution in [2.75, 3.05) is 13.1 Å². The van der Waals surface area contributed by atoms with Crippen LogP contribution < -0.4 is 0 Å². The summed E-state index contributed by atoms with van der Waals surface area (Å²) in [6.07, 6.45) is 4.84. The van der Waals surface area contributed by atoms with Crippen molar-refractivity contribution in [3.05, 3.63) is 41.7 Å². The van der Waals surface area contributed by atoms with Gasteiger partial charge in [-0.1, -0.05) is 43.2 Å². The molecule has 2 aromatic rings. The molecular formula is C28H43N5O4. The molecule has 37 heavy (non-hydrogen) atoms. The maximum absolute atomic E-state index is 13.4. The molecule has 9 heteroatoms. The minimum atomic E-state index is -0.583. The molecule has 1 amide bonds. The van der Waals surface area contributed by atoms with E-state index < -0.39 is 11.2 Å².